The standard InChI is InChI=1S/C25H30F2N2O3/c1-2-23(29-31-18-20-11-7-4-8-12-20)21-13-15-22(16-14-21)32-25(26,27)24(30)28-17-19-9-5-3-6-10-19/h4,7-8,11-16,19H,2-3,5-6,9-10,17-18H2,1H3,(H,28,30). The molecule has 32 heavy (non-hydrogen) atoms. The van der Waals surface area contributed by atoms with Gasteiger partial charge in [-0.25, -0.2) is 0 Å². The van der Waals surface area contributed by atoms with Crippen LogP contribution in [0.4, 0.5) is 8.78 Å². The van der Waals surface area contributed by atoms with E-state index in [-0.39, 0.29) is 18.2 Å². The van der Waals surface area contributed by atoms with E-state index in [2.05, 4.69) is 10.5 Å². The van der Waals surface area contributed by atoms with Crippen LogP contribution in [0.1, 0.15) is 56.6 Å². The van der Waals surface area contributed by atoms with Crippen LogP contribution in [0.15, 0.2) is 59.8 Å². The summed E-state index contributed by atoms with van der Waals surface area (Å²) in [4.78, 5) is 17.4. The molecule has 1 fully saturated rings. The number of rotatable bonds is 10. The third kappa shape index (κ3) is 7.04. The summed E-state index contributed by atoms with van der Waals surface area (Å²) >= 11 is 0. The highest BCUT2D eigenvalue weighted by Gasteiger charge is 2.42. The highest BCUT2D eigenvalue weighted by atomic mass is 19.3. The molecule has 0 bridgehead atoms. The van der Waals surface area contributed by atoms with E-state index in [4.69, 9.17) is 9.57 Å². The first kappa shape index (κ1) is 23.7. The Hall–Kier alpha value is -2.96. The lowest BCUT2D eigenvalue weighted by Gasteiger charge is -2.23. The number of hydrogen-bond acceptors (Lipinski definition) is 4. The summed E-state index contributed by atoms with van der Waals surface area (Å²) < 4.78 is 33.2. The zero-order valence-electron chi connectivity index (χ0n) is 18.4. The minimum atomic E-state index is -3.93. The van der Waals surface area contributed by atoms with E-state index in [1.807, 2.05) is 37.3 Å². The largest absolute Gasteiger partial charge is 0.482 e. The lowest BCUT2D eigenvalue weighted by Crippen LogP contribution is -2.46. The maximum absolute atomic E-state index is 14.2. The van der Waals surface area contributed by atoms with Crippen LogP contribution in [-0.2, 0) is 16.2 Å². The van der Waals surface area contributed by atoms with Crippen molar-refractivity contribution in [3.8, 4) is 5.75 Å². The Balaban J connectivity index is 1.53. The van der Waals surface area contributed by atoms with Crippen LogP contribution in [0.25, 0.3) is 0 Å². The number of amides is 1. The summed E-state index contributed by atoms with van der Waals surface area (Å²) in [6, 6.07) is 15.7. The van der Waals surface area contributed by atoms with Gasteiger partial charge >= 0.3 is 12.0 Å². The van der Waals surface area contributed by atoms with Crippen molar-refractivity contribution in [2.24, 2.45) is 11.1 Å². The van der Waals surface area contributed by atoms with Crippen molar-refractivity contribution in [3.05, 3.63) is 65.7 Å². The fourth-order valence-corrected chi connectivity index (χ4v) is 3.72. The van der Waals surface area contributed by atoms with Crippen LogP contribution in [0.3, 0.4) is 0 Å². The lowest BCUT2D eigenvalue weighted by atomic mass is 9.89. The molecule has 0 spiro atoms. The van der Waals surface area contributed by atoms with Gasteiger partial charge in [0, 0.05) is 6.54 Å². The van der Waals surface area contributed by atoms with E-state index in [1.54, 1.807) is 12.1 Å². The average Bonchev–Trinajstić information content (AvgIpc) is 2.82. The van der Waals surface area contributed by atoms with Gasteiger partial charge in [0.25, 0.3) is 0 Å². The van der Waals surface area contributed by atoms with Gasteiger partial charge in [-0.15, -0.1) is 0 Å². The Bertz CT molecular complexity index is 880. The summed E-state index contributed by atoms with van der Waals surface area (Å²) in [5, 5.41) is 6.51. The van der Waals surface area contributed by atoms with Crippen LogP contribution >= 0.6 is 0 Å². The van der Waals surface area contributed by atoms with E-state index in [1.165, 1.54) is 18.6 Å². The van der Waals surface area contributed by atoms with Crippen LogP contribution in [-0.4, -0.2) is 24.3 Å². The highest BCUT2D eigenvalue weighted by molar-refractivity contribution is 6.00. The minimum Gasteiger partial charge on any atom is -0.425 e. The van der Waals surface area contributed by atoms with E-state index < -0.39 is 12.0 Å². The molecule has 0 aliphatic heterocycles. The third-order valence-corrected chi connectivity index (χ3v) is 5.56. The Morgan fingerprint density at radius 1 is 1.06 bits per heavy atom. The quantitative estimate of drug-likeness (QED) is 0.379. The molecule has 0 saturated heterocycles. The molecule has 7 heteroatoms. The molecule has 1 amide bonds. The summed E-state index contributed by atoms with van der Waals surface area (Å²) in [6.07, 6.45) is 1.93. The van der Waals surface area contributed by atoms with Gasteiger partial charge in [-0.05, 0) is 60.6 Å². The number of hydrogen-bond donors (Lipinski definition) is 1. The zero-order chi connectivity index (χ0) is 22.8. The van der Waals surface area contributed by atoms with Crippen molar-refractivity contribution in [2.45, 2.75) is 58.2 Å². The van der Waals surface area contributed by atoms with Crippen LogP contribution in [0.5, 0.6) is 5.75 Å². The van der Waals surface area contributed by atoms with Gasteiger partial charge in [0.05, 0.1) is 5.71 Å². The summed E-state index contributed by atoms with van der Waals surface area (Å²) in [5.41, 5.74) is 2.42. The van der Waals surface area contributed by atoms with Gasteiger partial charge in [0.1, 0.15) is 12.4 Å². The fraction of sp³-hybridized carbons (Fsp3) is 0.440. The van der Waals surface area contributed by atoms with Gasteiger partial charge in [-0.2, -0.15) is 8.78 Å². The second-order valence-electron chi connectivity index (χ2n) is 8.01. The van der Waals surface area contributed by atoms with Crippen molar-refractivity contribution >= 4 is 11.6 Å². The van der Waals surface area contributed by atoms with Crippen LogP contribution in [0, 0.1) is 5.92 Å². The zero-order valence-corrected chi connectivity index (χ0v) is 18.4. The van der Waals surface area contributed by atoms with E-state index >= 15 is 0 Å². The molecule has 1 N–H and O–H groups in total. The van der Waals surface area contributed by atoms with Gasteiger partial charge < -0.3 is 14.9 Å². The number of nitrogens with zero attached hydrogens (tertiary/aromatic N) is 1. The highest BCUT2D eigenvalue weighted by Crippen LogP contribution is 2.25. The molecule has 2 aromatic rings. The molecule has 1 aliphatic carbocycles. The van der Waals surface area contributed by atoms with Crippen molar-refractivity contribution in [1.29, 1.82) is 0 Å². The monoisotopic (exact) mass is 444 g/mol. The van der Waals surface area contributed by atoms with Crippen molar-refractivity contribution in [1.82, 2.24) is 5.32 Å². The topological polar surface area (TPSA) is 59.9 Å². The van der Waals surface area contributed by atoms with E-state index in [9.17, 15) is 13.6 Å². The Morgan fingerprint density at radius 2 is 1.75 bits per heavy atom. The van der Waals surface area contributed by atoms with E-state index in [0.717, 1.165) is 36.8 Å². The molecule has 0 heterocycles. The molecule has 0 atom stereocenters. The number of alkyl halides is 2. The Kier molecular flexibility index (Phi) is 8.59. The van der Waals surface area contributed by atoms with Crippen molar-refractivity contribution in [3.63, 3.8) is 0 Å². The number of carbonyl (C=O) groups is 1. The normalized spacial score (nSPS) is 15.3. The molecule has 3 rings (SSSR count). The number of carbonyl (C=O) groups excluding carboxylic acids is 1. The first-order chi connectivity index (χ1) is 15.5. The SMILES string of the molecule is CCC(=NOCc1ccccc1)c1ccc(OC(F)(F)C(=O)NCC2CCCCC2)cc1. The maximum atomic E-state index is 14.2. The van der Waals surface area contributed by atoms with Gasteiger partial charge in [-0.3, -0.25) is 4.79 Å². The van der Waals surface area contributed by atoms with Crippen molar-refractivity contribution < 1.29 is 23.1 Å². The van der Waals surface area contributed by atoms with E-state index in [0.29, 0.717) is 18.7 Å². The molecule has 0 aromatic heterocycles. The predicted molar refractivity (Wildman–Crippen MR) is 120 cm³/mol. The minimum absolute atomic E-state index is 0.0905. The lowest BCUT2D eigenvalue weighted by molar-refractivity contribution is -0.193. The summed E-state index contributed by atoms with van der Waals surface area (Å²) in [7, 11) is 0. The number of halogens is 2. The molecular formula is C25H30F2N2O3. The fourth-order valence-electron chi connectivity index (χ4n) is 3.72. The van der Waals surface area contributed by atoms with Crippen LogP contribution < -0.4 is 10.1 Å². The van der Waals surface area contributed by atoms with Gasteiger partial charge in [-0.1, -0.05) is 61.7 Å². The van der Waals surface area contributed by atoms with Gasteiger partial charge in [0.2, 0.25) is 0 Å². The first-order valence-corrected chi connectivity index (χ1v) is 11.2. The number of benzene rings is 2. The Morgan fingerprint density at radius 3 is 2.41 bits per heavy atom. The molecule has 172 valence electrons. The predicted octanol–water partition coefficient (Wildman–Crippen LogP) is 5.69. The average molecular weight is 445 g/mol. The van der Waals surface area contributed by atoms with Gasteiger partial charge in [0.15, 0.2) is 0 Å². The molecular weight excluding hydrogens is 414 g/mol. The first-order valence-electron chi connectivity index (χ1n) is 11.2. The van der Waals surface area contributed by atoms with Crippen molar-refractivity contribution in [2.75, 3.05) is 6.54 Å². The molecule has 0 unspecified atom stereocenters. The summed E-state index contributed by atoms with van der Waals surface area (Å²) in [5.74, 6) is -1.23. The summed E-state index contributed by atoms with van der Waals surface area (Å²) in [6.45, 7) is 2.53. The molecule has 2 aromatic carbocycles. The number of ether oxygens (including phenoxy) is 1. The van der Waals surface area contributed by atoms with Crippen LogP contribution in [0.2, 0.25) is 0 Å². The molecule has 1 aliphatic rings. The maximum Gasteiger partial charge on any atom is 0.482 e. The number of oxime groups is 1. The smallest absolute Gasteiger partial charge is 0.425 e. The molecule has 1 saturated carbocycles. The second-order valence-corrected chi connectivity index (χ2v) is 8.01. The third-order valence-electron chi connectivity index (χ3n) is 5.56. The number of nitrogens with one attached hydrogen (secondary N) is 1. The second kappa shape index (κ2) is 11.6. The molecule has 5 nitrogen and oxygen atoms in total. The molecule has 0 radical (unpaired) electrons. The Labute approximate surface area is 187 Å².